The Balaban J connectivity index is 1.43. The predicted molar refractivity (Wildman–Crippen MR) is 90.2 cm³/mol. The topological polar surface area (TPSA) is 78.4 Å². The zero-order valence-electron chi connectivity index (χ0n) is 14.8. The fourth-order valence-corrected chi connectivity index (χ4v) is 3.76. The number of ether oxygens (including phenoxy) is 2. The Morgan fingerprint density at radius 2 is 2.12 bits per heavy atom. The fraction of sp³-hybridized carbons (Fsp3) is 0.706. The van der Waals surface area contributed by atoms with Crippen molar-refractivity contribution in [2.24, 2.45) is 5.92 Å². The number of anilines is 1. The average Bonchev–Trinajstić information content (AvgIpc) is 3.35. The first-order valence-electron chi connectivity index (χ1n) is 8.98. The van der Waals surface area contributed by atoms with Crippen molar-refractivity contribution in [2.45, 2.75) is 45.4 Å². The summed E-state index contributed by atoms with van der Waals surface area (Å²) in [6.45, 7) is 7.84. The van der Waals surface area contributed by atoms with Gasteiger partial charge < -0.3 is 18.8 Å². The minimum atomic E-state index is -0.483. The Kier molecular flexibility index (Phi) is 4.47. The molecular weight excluding hydrogens is 322 g/mol. The molecule has 2 aliphatic heterocycles. The van der Waals surface area contributed by atoms with Crippen molar-refractivity contribution in [1.82, 2.24) is 20.2 Å². The van der Waals surface area contributed by atoms with Crippen LogP contribution < -0.4 is 4.90 Å². The van der Waals surface area contributed by atoms with Gasteiger partial charge in [0.2, 0.25) is 5.95 Å². The first-order valence-corrected chi connectivity index (χ1v) is 8.98. The standard InChI is InChI=1S/C17H25N5O3/c1-13-5-6-15(25-13)7-9-22-16(18-19-20-22)21-8-3-4-14(12-21)17(2)23-10-11-24-17/h5-6,14H,3-4,7-12H2,1-2H3. The lowest BCUT2D eigenvalue weighted by atomic mass is 9.90. The van der Waals surface area contributed by atoms with Crippen LogP contribution in [0, 0.1) is 12.8 Å². The number of rotatable bonds is 5. The molecule has 8 heteroatoms. The molecule has 4 heterocycles. The van der Waals surface area contributed by atoms with Gasteiger partial charge in [0.25, 0.3) is 0 Å². The van der Waals surface area contributed by atoms with E-state index in [0.29, 0.717) is 25.7 Å². The summed E-state index contributed by atoms with van der Waals surface area (Å²) in [7, 11) is 0. The number of aromatic nitrogens is 4. The van der Waals surface area contributed by atoms with Gasteiger partial charge in [-0.2, -0.15) is 0 Å². The molecular formula is C17H25N5O3. The van der Waals surface area contributed by atoms with Crippen LogP contribution in [0.3, 0.4) is 0 Å². The maximum Gasteiger partial charge on any atom is 0.245 e. The number of hydrogen-bond donors (Lipinski definition) is 0. The molecule has 2 aliphatic rings. The predicted octanol–water partition coefficient (Wildman–Crippen LogP) is 1.80. The minimum Gasteiger partial charge on any atom is -0.466 e. The number of piperidine rings is 1. The van der Waals surface area contributed by atoms with Gasteiger partial charge in [-0.1, -0.05) is 5.10 Å². The van der Waals surface area contributed by atoms with Gasteiger partial charge in [-0.3, -0.25) is 0 Å². The highest BCUT2D eigenvalue weighted by atomic mass is 16.7. The second-order valence-corrected chi connectivity index (χ2v) is 6.96. The molecule has 0 saturated carbocycles. The summed E-state index contributed by atoms with van der Waals surface area (Å²) in [6.07, 6.45) is 2.95. The summed E-state index contributed by atoms with van der Waals surface area (Å²) >= 11 is 0. The van der Waals surface area contributed by atoms with E-state index in [-0.39, 0.29) is 0 Å². The Bertz CT molecular complexity index is 707. The second kappa shape index (κ2) is 6.76. The zero-order valence-corrected chi connectivity index (χ0v) is 14.8. The van der Waals surface area contributed by atoms with Crippen LogP contribution in [0.15, 0.2) is 16.5 Å². The fourth-order valence-electron chi connectivity index (χ4n) is 3.76. The summed E-state index contributed by atoms with van der Waals surface area (Å²) < 4.78 is 19.2. The first kappa shape index (κ1) is 16.5. The quantitative estimate of drug-likeness (QED) is 0.816. The molecule has 0 bridgehead atoms. The van der Waals surface area contributed by atoms with E-state index in [2.05, 4.69) is 27.3 Å². The van der Waals surface area contributed by atoms with E-state index in [9.17, 15) is 0 Å². The third kappa shape index (κ3) is 3.41. The van der Waals surface area contributed by atoms with Crippen LogP contribution in [-0.4, -0.2) is 52.3 Å². The molecule has 136 valence electrons. The number of tetrazole rings is 1. The molecule has 0 N–H and O–H groups in total. The van der Waals surface area contributed by atoms with E-state index in [1.165, 1.54) is 0 Å². The Morgan fingerprint density at radius 3 is 2.88 bits per heavy atom. The number of aryl methyl sites for hydroxylation is 3. The Hall–Kier alpha value is -1.93. The third-order valence-electron chi connectivity index (χ3n) is 5.19. The number of furan rings is 1. The zero-order chi connectivity index (χ0) is 17.3. The van der Waals surface area contributed by atoms with Crippen molar-refractivity contribution in [3.8, 4) is 0 Å². The van der Waals surface area contributed by atoms with Crippen molar-refractivity contribution in [1.29, 1.82) is 0 Å². The first-order chi connectivity index (χ1) is 12.1. The van der Waals surface area contributed by atoms with Crippen LogP contribution in [0.25, 0.3) is 0 Å². The lowest BCUT2D eigenvalue weighted by molar-refractivity contribution is -0.182. The average molecular weight is 347 g/mol. The summed E-state index contributed by atoms with van der Waals surface area (Å²) in [6, 6.07) is 3.99. The van der Waals surface area contributed by atoms with Gasteiger partial charge >= 0.3 is 0 Å². The van der Waals surface area contributed by atoms with Crippen LogP contribution in [0.4, 0.5) is 5.95 Å². The van der Waals surface area contributed by atoms with Crippen LogP contribution in [0.1, 0.15) is 31.3 Å². The van der Waals surface area contributed by atoms with Crippen molar-refractivity contribution in [2.75, 3.05) is 31.2 Å². The molecule has 2 fully saturated rings. The molecule has 0 spiro atoms. The molecule has 8 nitrogen and oxygen atoms in total. The molecule has 2 saturated heterocycles. The van der Waals surface area contributed by atoms with E-state index < -0.39 is 5.79 Å². The van der Waals surface area contributed by atoms with E-state index in [0.717, 1.165) is 49.8 Å². The molecule has 0 amide bonds. The second-order valence-electron chi connectivity index (χ2n) is 6.96. The van der Waals surface area contributed by atoms with E-state index >= 15 is 0 Å². The Labute approximate surface area is 147 Å². The van der Waals surface area contributed by atoms with Crippen LogP contribution in [-0.2, 0) is 22.4 Å². The SMILES string of the molecule is Cc1ccc(CCn2nnnc2N2CCCC(C3(C)OCCO3)C2)o1. The molecule has 0 radical (unpaired) electrons. The molecule has 0 aromatic carbocycles. The monoisotopic (exact) mass is 347 g/mol. The lowest BCUT2D eigenvalue weighted by Crippen LogP contribution is -2.47. The maximum atomic E-state index is 5.86. The van der Waals surface area contributed by atoms with Crippen molar-refractivity contribution in [3.63, 3.8) is 0 Å². The number of hydrogen-bond acceptors (Lipinski definition) is 7. The highest BCUT2D eigenvalue weighted by molar-refractivity contribution is 5.29. The molecule has 25 heavy (non-hydrogen) atoms. The van der Waals surface area contributed by atoms with Crippen LogP contribution >= 0.6 is 0 Å². The summed E-state index contributed by atoms with van der Waals surface area (Å²) in [4.78, 5) is 2.25. The smallest absolute Gasteiger partial charge is 0.245 e. The lowest BCUT2D eigenvalue weighted by Gasteiger charge is -2.39. The van der Waals surface area contributed by atoms with Gasteiger partial charge in [-0.05, 0) is 49.2 Å². The minimum absolute atomic E-state index is 0.321. The molecule has 2 aromatic rings. The molecule has 0 aliphatic carbocycles. The highest BCUT2D eigenvalue weighted by Gasteiger charge is 2.42. The Morgan fingerprint density at radius 1 is 1.28 bits per heavy atom. The van der Waals surface area contributed by atoms with Gasteiger partial charge in [0.15, 0.2) is 5.79 Å². The summed E-state index contributed by atoms with van der Waals surface area (Å²) in [5, 5.41) is 12.3. The molecule has 4 rings (SSSR count). The highest BCUT2D eigenvalue weighted by Crippen LogP contribution is 2.35. The molecule has 1 atom stereocenters. The van der Waals surface area contributed by atoms with Gasteiger partial charge in [-0.25, -0.2) is 4.68 Å². The van der Waals surface area contributed by atoms with Gasteiger partial charge in [0.1, 0.15) is 11.5 Å². The van der Waals surface area contributed by atoms with Gasteiger partial charge in [-0.15, -0.1) is 0 Å². The summed E-state index contributed by atoms with van der Waals surface area (Å²) in [5.41, 5.74) is 0. The van der Waals surface area contributed by atoms with E-state index in [1.807, 2.05) is 23.7 Å². The van der Waals surface area contributed by atoms with Gasteiger partial charge in [0, 0.05) is 25.4 Å². The van der Waals surface area contributed by atoms with Crippen LogP contribution in [0.5, 0.6) is 0 Å². The van der Waals surface area contributed by atoms with Crippen molar-refractivity contribution >= 4 is 5.95 Å². The third-order valence-corrected chi connectivity index (χ3v) is 5.19. The van der Waals surface area contributed by atoms with Crippen molar-refractivity contribution in [3.05, 3.63) is 23.7 Å². The normalized spacial score (nSPS) is 23.3. The van der Waals surface area contributed by atoms with Crippen LogP contribution in [0.2, 0.25) is 0 Å². The molecule has 2 aromatic heterocycles. The summed E-state index contributed by atoms with van der Waals surface area (Å²) in [5.74, 6) is 2.53. The van der Waals surface area contributed by atoms with Crippen molar-refractivity contribution < 1.29 is 13.9 Å². The van der Waals surface area contributed by atoms with Gasteiger partial charge in [0.05, 0.1) is 19.8 Å². The van der Waals surface area contributed by atoms with E-state index in [1.54, 1.807) is 0 Å². The molecule has 1 unspecified atom stereocenters. The largest absolute Gasteiger partial charge is 0.466 e. The van der Waals surface area contributed by atoms with E-state index in [4.69, 9.17) is 13.9 Å². The number of nitrogens with zero attached hydrogens (tertiary/aromatic N) is 5. The maximum absolute atomic E-state index is 5.86.